The molecule has 0 amide bonds. The minimum Gasteiger partial charge on any atom is -0.302 e. The summed E-state index contributed by atoms with van der Waals surface area (Å²) in [5.74, 6) is 7.55. The highest BCUT2D eigenvalue weighted by Gasteiger charge is 2.43. The van der Waals surface area contributed by atoms with Gasteiger partial charge in [-0.05, 0) is 45.2 Å². The lowest BCUT2D eigenvalue weighted by Crippen LogP contribution is -2.62. The zero-order valence-corrected chi connectivity index (χ0v) is 13.7. The predicted octanol–water partition coefficient (Wildman–Crippen LogP) is 3.16. The highest BCUT2D eigenvalue weighted by Crippen LogP contribution is 2.40. The monoisotopic (exact) mass is 269 g/mol. The summed E-state index contributed by atoms with van der Waals surface area (Å²) in [6.45, 7) is 6.99. The van der Waals surface area contributed by atoms with Gasteiger partial charge in [-0.15, -0.1) is 0 Å². The Kier molecular flexibility index (Phi) is 6.78. The molecule has 3 unspecified atom stereocenters. The molecular weight excluding hydrogens is 234 g/mol. The van der Waals surface area contributed by atoms with Crippen molar-refractivity contribution < 1.29 is 0 Å². The van der Waals surface area contributed by atoms with Gasteiger partial charge in [-0.3, -0.25) is 11.3 Å². The molecule has 0 aromatic heterocycles. The first kappa shape index (κ1) is 16.9. The summed E-state index contributed by atoms with van der Waals surface area (Å²) in [5, 5.41) is 0. The largest absolute Gasteiger partial charge is 0.302 e. The lowest BCUT2D eigenvalue weighted by Gasteiger charge is -2.50. The van der Waals surface area contributed by atoms with Crippen molar-refractivity contribution in [2.24, 2.45) is 17.7 Å². The number of nitrogens with two attached hydrogens (primary N) is 1. The molecule has 0 aliphatic heterocycles. The number of hydrazine groups is 1. The summed E-state index contributed by atoms with van der Waals surface area (Å²) in [7, 11) is 4.46. The molecule has 0 aromatic carbocycles. The van der Waals surface area contributed by atoms with Crippen molar-refractivity contribution in [2.45, 2.75) is 77.3 Å². The molecule has 0 spiro atoms. The second kappa shape index (κ2) is 7.61. The van der Waals surface area contributed by atoms with Crippen LogP contribution >= 0.6 is 0 Å². The second-order valence-electron chi connectivity index (χ2n) is 6.84. The van der Waals surface area contributed by atoms with E-state index in [1.54, 1.807) is 0 Å². The van der Waals surface area contributed by atoms with Crippen molar-refractivity contribution in [3.8, 4) is 0 Å². The van der Waals surface area contributed by atoms with Crippen LogP contribution in [0.25, 0.3) is 0 Å². The maximum absolute atomic E-state index is 5.95. The lowest BCUT2D eigenvalue weighted by atomic mass is 9.69. The minimum atomic E-state index is 0.245. The third kappa shape index (κ3) is 3.93. The Morgan fingerprint density at radius 1 is 1.32 bits per heavy atom. The molecule has 114 valence electrons. The van der Waals surface area contributed by atoms with E-state index in [2.05, 4.69) is 45.2 Å². The molecule has 0 aromatic rings. The third-order valence-corrected chi connectivity index (χ3v) is 5.47. The molecule has 0 heterocycles. The van der Waals surface area contributed by atoms with Gasteiger partial charge in [0.25, 0.3) is 0 Å². The normalized spacial score (nSPS) is 30.0. The van der Waals surface area contributed by atoms with Gasteiger partial charge in [0, 0.05) is 11.6 Å². The first-order valence-electron chi connectivity index (χ1n) is 8.13. The number of nitrogens with zero attached hydrogens (tertiary/aromatic N) is 1. The Balaban J connectivity index is 2.87. The van der Waals surface area contributed by atoms with Crippen molar-refractivity contribution in [1.29, 1.82) is 0 Å². The Labute approximate surface area is 120 Å². The molecular formula is C16H35N3. The first-order valence-corrected chi connectivity index (χ1v) is 8.13. The van der Waals surface area contributed by atoms with Crippen LogP contribution < -0.4 is 11.3 Å². The van der Waals surface area contributed by atoms with Gasteiger partial charge in [0.2, 0.25) is 0 Å². The van der Waals surface area contributed by atoms with Gasteiger partial charge in [-0.2, -0.15) is 0 Å². The molecule has 0 bridgehead atoms. The van der Waals surface area contributed by atoms with Crippen LogP contribution in [0, 0.1) is 11.8 Å². The van der Waals surface area contributed by atoms with Gasteiger partial charge in [0.1, 0.15) is 0 Å². The summed E-state index contributed by atoms with van der Waals surface area (Å²) in [5.41, 5.74) is 3.42. The minimum absolute atomic E-state index is 0.245. The number of likely N-dealkylation sites (N-methyl/N-ethyl adjacent to an activating group) is 1. The molecule has 1 aliphatic rings. The molecule has 3 nitrogen and oxygen atoms in total. The number of rotatable bonds is 7. The molecule has 3 N–H and O–H groups in total. The predicted molar refractivity (Wildman–Crippen MR) is 83.9 cm³/mol. The Morgan fingerprint density at radius 2 is 1.95 bits per heavy atom. The van der Waals surface area contributed by atoms with Crippen molar-refractivity contribution in [3.05, 3.63) is 0 Å². The van der Waals surface area contributed by atoms with Crippen molar-refractivity contribution in [2.75, 3.05) is 14.1 Å². The SMILES string of the molecule is CCC(CC)CC(NN)C1(N(C)C)CCCC(C)C1. The van der Waals surface area contributed by atoms with Gasteiger partial charge >= 0.3 is 0 Å². The van der Waals surface area contributed by atoms with E-state index in [-0.39, 0.29) is 5.54 Å². The van der Waals surface area contributed by atoms with Crippen molar-refractivity contribution in [1.82, 2.24) is 10.3 Å². The Hall–Kier alpha value is -0.120. The van der Waals surface area contributed by atoms with Gasteiger partial charge in [-0.1, -0.05) is 46.5 Å². The molecule has 0 saturated heterocycles. The van der Waals surface area contributed by atoms with Gasteiger partial charge in [0.05, 0.1) is 0 Å². The quantitative estimate of drug-likeness (QED) is 0.551. The number of nitrogens with one attached hydrogen (secondary N) is 1. The average Bonchev–Trinajstić information content (AvgIpc) is 2.40. The van der Waals surface area contributed by atoms with Crippen LogP contribution in [0.1, 0.15) is 65.7 Å². The average molecular weight is 269 g/mol. The van der Waals surface area contributed by atoms with Crippen LogP contribution in [0.4, 0.5) is 0 Å². The molecule has 1 saturated carbocycles. The molecule has 19 heavy (non-hydrogen) atoms. The molecule has 1 aliphatic carbocycles. The highest BCUT2D eigenvalue weighted by atomic mass is 15.3. The van der Waals surface area contributed by atoms with E-state index in [9.17, 15) is 0 Å². The maximum Gasteiger partial charge on any atom is 0.0397 e. The van der Waals surface area contributed by atoms with E-state index < -0.39 is 0 Å². The number of hydrogen-bond acceptors (Lipinski definition) is 3. The second-order valence-corrected chi connectivity index (χ2v) is 6.84. The molecule has 0 radical (unpaired) electrons. The van der Waals surface area contributed by atoms with E-state index in [1.807, 2.05) is 0 Å². The van der Waals surface area contributed by atoms with Gasteiger partial charge < -0.3 is 4.90 Å². The van der Waals surface area contributed by atoms with Crippen molar-refractivity contribution >= 4 is 0 Å². The summed E-state index contributed by atoms with van der Waals surface area (Å²) in [4.78, 5) is 2.44. The highest BCUT2D eigenvalue weighted by molar-refractivity contribution is 5.01. The summed E-state index contributed by atoms with van der Waals surface area (Å²) >= 11 is 0. The fraction of sp³-hybridized carbons (Fsp3) is 1.00. The number of hydrogen-bond donors (Lipinski definition) is 2. The maximum atomic E-state index is 5.95. The summed E-state index contributed by atoms with van der Waals surface area (Å²) < 4.78 is 0. The van der Waals surface area contributed by atoms with Crippen LogP contribution in [0.15, 0.2) is 0 Å². The summed E-state index contributed by atoms with van der Waals surface area (Å²) in [6, 6.07) is 0.412. The van der Waals surface area contributed by atoms with E-state index in [0.29, 0.717) is 6.04 Å². The van der Waals surface area contributed by atoms with Crippen LogP contribution in [-0.4, -0.2) is 30.6 Å². The third-order valence-electron chi connectivity index (χ3n) is 5.47. The molecule has 3 heteroatoms. The van der Waals surface area contributed by atoms with Gasteiger partial charge in [0.15, 0.2) is 0 Å². The van der Waals surface area contributed by atoms with E-state index in [0.717, 1.165) is 11.8 Å². The van der Waals surface area contributed by atoms with Crippen LogP contribution in [-0.2, 0) is 0 Å². The van der Waals surface area contributed by atoms with E-state index in [4.69, 9.17) is 5.84 Å². The Morgan fingerprint density at radius 3 is 2.37 bits per heavy atom. The zero-order chi connectivity index (χ0) is 14.5. The van der Waals surface area contributed by atoms with Gasteiger partial charge in [-0.25, -0.2) is 0 Å². The van der Waals surface area contributed by atoms with Crippen LogP contribution in [0.3, 0.4) is 0 Å². The molecule has 1 rings (SSSR count). The van der Waals surface area contributed by atoms with E-state index in [1.165, 1.54) is 44.9 Å². The van der Waals surface area contributed by atoms with E-state index >= 15 is 0 Å². The standard InChI is InChI=1S/C16H35N3/c1-6-14(7-2)11-15(18-17)16(19(4)5)10-8-9-13(3)12-16/h13-15,18H,6-12,17H2,1-5H3. The summed E-state index contributed by atoms with van der Waals surface area (Å²) in [6.07, 6.45) is 8.97. The fourth-order valence-corrected chi connectivity index (χ4v) is 4.00. The lowest BCUT2D eigenvalue weighted by molar-refractivity contribution is 0.0280. The smallest absolute Gasteiger partial charge is 0.0397 e. The van der Waals surface area contributed by atoms with Crippen LogP contribution in [0.2, 0.25) is 0 Å². The fourth-order valence-electron chi connectivity index (χ4n) is 4.00. The zero-order valence-electron chi connectivity index (χ0n) is 13.7. The topological polar surface area (TPSA) is 41.3 Å². The Bertz CT molecular complexity index is 250. The first-order chi connectivity index (χ1) is 9.00. The van der Waals surface area contributed by atoms with Crippen molar-refractivity contribution in [3.63, 3.8) is 0 Å². The molecule has 1 fully saturated rings. The van der Waals surface area contributed by atoms with Crippen LogP contribution in [0.5, 0.6) is 0 Å². The molecule has 3 atom stereocenters.